The van der Waals surface area contributed by atoms with E-state index in [1.54, 1.807) is 38.1 Å². The lowest BCUT2D eigenvalue weighted by Crippen LogP contribution is -2.06. The third-order valence-electron chi connectivity index (χ3n) is 2.09. The van der Waals surface area contributed by atoms with Gasteiger partial charge in [-0.2, -0.15) is 0 Å². The van der Waals surface area contributed by atoms with Gasteiger partial charge in [0.1, 0.15) is 0 Å². The molecule has 1 N–H and O–H groups in total. The molecule has 0 spiro atoms. The number of benzene rings is 1. The third kappa shape index (κ3) is 3.80. The first-order valence-corrected chi connectivity index (χ1v) is 7.34. The van der Waals surface area contributed by atoms with E-state index in [4.69, 9.17) is 20.6 Å². The Kier molecular flexibility index (Phi) is 5.63. The first-order chi connectivity index (χ1) is 8.03. The van der Waals surface area contributed by atoms with Crippen LogP contribution in [-0.2, 0) is 13.6 Å². The van der Waals surface area contributed by atoms with E-state index >= 15 is 0 Å². The van der Waals surface area contributed by atoms with Crippen LogP contribution in [0.4, 0.5) is 0 Å². The molecule has 4 nitrogen and oxygen atoms in total. The highest BCUT2D eigenvalue weighted by Crippen LogP contribution is 2.59. The molecule has 0 saturated heterocycles. The van der Waals surface area contributed by atoms with Crippen molar-refractivity contribution in [2.24, 2.45) is 0 Å². The molecule has 0 amide bonds. The summed E-state index contributed by atoms with van der Waals surface area (Å²) in [7, 11) is -3.53. The Bertz CT molecular complexity index is 383. The van der Waals surface area contributed by atoms with Crippen LogP contribution in [0.3, 0.4) is 0 Å². The van der Waals surface area contributed by atoms with Crippen LogP contribution in [0.1, 0.15) is 25.3 Å². The highest BCUT2D eigenvalue weighted by Gasteiger charge is 2.35. The molecule has 1 aromatic carbocycles. The van der Waals surface area contributed by atoms with E-state index in [-0.39, 0.29) is 13.2 Å². The minimum absolute atomic E-state index is 0.210. The van der Waals surface area contributed by atoms with Crippen LogP contribution in [0.25, 0.3) is 0 Å². The molecule has 0 fully saturated rings. The van der Waals surface area contributed by atoms with Crippen LogP contribution >= 0.6 is 19.2 Å². The first kappa shape index (κ1) is 14.7. The number of hydrogen-bond donors (Lipinski definition) is 1. The zero-order valence-electron chi connectivity index (χ0n) is 9.80. The van der Waals surface area contributed by atoms with Crippen molar-refractivity contribution in [2.75, 3.05) is 13.2 Å². The van der Waals surface area contributed by atoms with Crippen molar-refractivity contribution in [3.8, 4) is 0 Å². The highest BCUT2D eigenvalue weighted by molar-refractivity contribution is 7.54. The Morgan fingerprint density at radius 2 is 1.71 bits per heavy atom. The number of aliphatic hydroxyl groups is 1. The van der Waals surface area contributed by atoms with E-state index in [1.807, 2.05) is 0 Å². The minimum Gasteiger partial charge on any atom is -0.376 e. The van der Waals surface area contributed by atoms with Crippen molar-refractivity contribution in [1.82, 2.24) is 0 Å². The Labute approximate surface area is 106 Å². The predicted molar refractivity (Wildman–Crippen MR) is 67.3 cm³/mol. The molecule has 1 aromatic rings. The normalized spacial score (nSPS) is 13.6. The summed E-state index contributed by atoms with van der Waals surface area (Å²) in [6.07, 6.45) is 0. The molecule has 0 aromatic heterocycles. The largest absolute Gasteiger partial charge is 0.376 e. The van der Waals surface area contributed by atoms with Gasteiger partial charge in [-0.25, -0.2) is 0 Å². The average molecular weight is 279 g/mol. The fourth-order valence-electron chi connectivity index (χ4n) is 1.36. The van der Waals surface area contributed by atoms with Gasteiger partial charge in [-0.15, -0.1) is 0 Å². The molecule has 0 saturated carbocycles. The summed E-state index contributed by atoms with van der Waals surface area (Å²) in [6, 6.07) is 6.42. The zero-order chi connectivity index (χ0) is 12.9. The van der Waals surface area contributed by atoms with Gasteiger partial charge in [-0.3, -0.25) is 4.57 Å². The summed E-state index contributed by atoms with van der Waals surface area (Å²) in [6.45, 7) is 3.81. The van der Waals surface area contributed by atoms with Crippen molar-refractivity contribution in [3.63, 3.8) is 0 Å². The lowest BCUT2D eigenvalue weighted by molar-refractivity contribution is 0.150. The fourth-order valence-corrected chi connectivity index (χ4v) is 3.10. The molecule has 0 bridgehead atoms. The SMILES string of the molecule is CCOP(=O)(OCC)C(O)c1ccc(Cl)cc1. The standard InChI is InChI=1S/C11H16ClO4P/c1-3-15-17(14,16-4-2)11(13)9-5-7-10(12)8-6-9/h5-8,11,13H,3-4H2,1-2H3. The van der Waals surface area contributed by atoms with Gasteiger partial charge in [0.2, 0.25) is 0 Å². The van der Waals surface area contributed by atoms with E-state index in [9.17, 15) is 9.67 Å². The Balaban J connectivity index is 2.95. The first-order valence-electron chi connectivity index (χ1n) is 5.35. The van der Waals surface area contributed by atoms with Crippen molar-refractivity contribution in [2.45, 2.75) is 19.7 Å². The smallest absolute Gasteiger partial charge is 0.363 e. The molecule has 0 aliphatic rings. The third-order valence-corrected chi connectivity index (χ3v) is 4.47. The Morgan fingerprint density at radius 3 is 2.12 bits per heavy atom. The van der Waals surface area contributed by atoms with Crippen molar-refractivity contribution in [3.05, 3.63) is 34.9 Å². The van der Waals surface area contributed by atoms with E-state index in [2.05, 4.69) is 0 Å². The number of aliphatic hydroxyl groups excluding tert-OH is 1. The average Bonchev–Trinajstić information content (AvgIpc) is 2.30. The molecule has 1 atom stereocenters. The molecule has 17 heavy (non-hydrogen) atoms. The fraction of sp³-hybridized carbons (Fsp3) is 0.455. The number of halogens is 1. The van der Waals surface area contributed by atoms with Crippen molar-refractivity contribution >= 4 is 19.2 Å². The molecule has 1 rings (SSSR count). The van der Waals surface area contributed by atoms with Crippen LogP contribution < -0.4 is 0 Å². The van der Waals surface area contributed by atoms with Crippen LogP contribution in [0, 0.1) is 0 Å². The molecule has 1 unspecified atom stereocenters. The summed E-state index contributed by atoms with van der Waals surface area (Å²) in [5.41, 5.74) is 0.458. The van der Waals surface area contributed by atoms with Gasteiger partial charge in [0.25, 0.3) is 0 Å². The lowest BCUT2D eigenvalue weighted by Gasteiger charge is -2.22. The second kappa shape index (κ2) is 6.53. The van der Waals surface area contributed by atoms with E-state index in [1.165, 1.54) is 0 Å². The van der Waals surface area contributed by atoms with Crippen molar-refractivity contribution in [1.29, 1.82) is 0 Å². The van der Waals surface area contributed by atoms with Gasteiger partial charge in [0, 0.05) is 5.02 Å². The quantitative estimate of drug-likeness (QED) is 0.808. The maximum atomic E-state index is 12.3. The zero-order valence-corrected chi connectivity index (χ0v) is 11.4. The van der Waals surface area contributed by atoms with Crippen LogP contribution in [0.15, 0.2) is 24.3 Å². The Hall–Kier alpha value is -0.380. The molecule has 0 aliphatic heterocycles. The summed E-state index contributed by atoms with van der Waals surface area (Å²) < 4.78 is 22.4. The number of hydrogen-bond acceptors (Lipinski definition) is 4. The van der Waals surface area contributed by atoms with Crippen LogP contribution in [-0.4, -0.2) is 18.3 Å². The predicted octanol–water partition coefficient (Wildman–Crippen LogP) is 3.60. The summed E-state index contributed by atoms with van der Waals surface area (Å²) >= 11 is 5.74. The summed E-state index contributed by atoms with van der Waals surface area (Å²) in [5.74, 6) is -1.29. The maximum absolute atomic E-state index is 12.3. The van der Waals surface area contributed by atoms with Crippen molar-refractivity contribution < 1.29 is 18.7 Å². The van der Waals surface area contributed by atoms with E-state index < -0.39 is 13.4 Å². The maximum Gasteiger partial charge on any atom is 0.363 e. The monoisotopic (exact) mass is 278 g/mol. The second-order valence-electron chi connectivity index (χ2n) is 3.30. The second-order valence-corrected chi connectivity index (χ2v) is 5.82. The van der Waals surface area contributed by atoms with E-state index in [0.29, 0.717) is 10.6 Å². The molecular weight excluding hydrogens is 263 g/mol. The highest BCUT2D eigenvalue weighted by atomic mass is 35.5. The lowest BCUT2D eigenvalue weighted by atomic mass is 10.2. The van der Waals surface area contributed by atoms with Crippen LogP contribution in [0.5, 0.6) is 0 Å². The molecule has 0 heterocycles. The topological polar surface area (TPSA) is 55.8 Å². The molecule has 0 radical (unpaired) electrons. The van der Waals surface area contributed by atoms with Gasteiger partial charge in [0.05, 0.1) is 13.2 Å². The van der Waals surface area contributed by atoms with Gasteiger partial charge in [-0.05, 0) is 31.5 Å². The molecular formula is C11H16ClO4P. The van der Waals surface area contributed by atoms with E-state index in [0.717, 1.165) is 0 Å². The van der Waals surface area contributed by atoms with Gasteiger partial charge < -0.3 is 14.2 Å². The molecule has 96 valence electrons. The Morgan fingerprint density at radius 1 is 1.24 bits per heavy atom. The molecule has 0 aliphatic carbocycles. The van der Waals surface area contributed by atoms with Gasteiger partial charge in [-0.1, -0.05) is 23.7 Å². The summed E-state index contributed by atoms with van der Waals surface area (Å²) in [4.78, 5) is 0. The van der Waals surface area contributed by atoms with Crippen LogP contribution in [0.2, 0.25) is 5.02 Å². The molecule has 6 heteroatoms. The van der Waals surface area contributed by atoms with Gasteiger partial charge >= 0.3 is 7.60 Å². The van der Waals surface area contributed by atoms with Gasteiger partial charge in [0.15, 0.2) is 5.85 Å². The number of rotatable bonds is 6. The summed E-state index contributed by atoms with van der Waals surface area (Å²) in [5, 5.41) is 10.6. The minimum atomic E-state index is -3.53.